The highest BCUT2D eigenvalue weighted by molar-refractivity contribution is 6.33. The summed E-state index contributed by atoms with van der Waals surface area (Å²) < 4.78 is 4.72. The lowest BCUT2D eigenvalue weighted by molar-refractivity contribution is 0.0601. The summed E-state index contributed by atoms with van der Waals surface area (Å²) in [7, 11) is 1.36. The minimum Gasteiger partial charge on any atom is -0.465 e. The Balaban J connectivity index is 2.19. The monoisotopic (exact) mass is 303 g/mol. The standard InChI is InChI=1S/C17H18ClNO2/c1-11-5-4-6-14(12(11)2)10-19-16-9-13(17(20)21-3)7-8-15(16)18/h4-9,19H,10H2,1-3H3. The van der Waals surface area contributed by atoms with E-state index in [1.165, 1.54) is 23.8 Å². The van der Waals surface area contributed by atoms with E-state index in [0.717, 1.165) is 5.69 Å². The van der Waals surface area contributed by atoms with Crippen LogP contribution in [0.4, 0.5) is 5.69 Å². The molecule has 2 aromatic rings. The van der Waals surface area contributed by atoms with E-state index in [0.29, 0.717) is 17.1 Å². The van der Waals surface area contributed by atoms with Crippen molar-refractivity contribution < 1.29 is 9.53 Å². The Hall–Kier alpha value is -2.00. The van der Waals surface area contributed by atoms with Crippen molar-refractivity contribution >= 4 is 23.3 Å². The molecule has 0 aliphatic rings. The Bertz CT molecular complexity index is 668. The molecule has 0 amide bonds. The molecule has 0 aliphatic carbocycles. The molecule has 0 atom stereocenters. The van der Waals surface area contributed by atoms with Crippen LogP contribution in [0.25, 0.3) is 0 Å². The Morgan fingerprint density at radius 1 is 1.24 bits per heavy atom. The number of benzene rings is 2. The van der Waals surface area contributed by atoms with Crippen LogP contribution in [0.1, 0.15) is 27.0 Å². The average Bonchev–Trinajstić information content (AvgIpc) is 2.49. The molecule has 0 spiro atoms. The minimum atomic E-state index is -0.374. The van der Waals surface area contributed by atoms with Crippen LogP contribution < -0.4 is 5.32 Å². The van der Waals surface area contributed by atoms with Gasteiger partial charge in [0, 0.05) is 6.54 Å². The first-order valence-electron chi connectivity index (χ1n) is 6.69. The van der Waals surface area contributed by atoms with Crippen LogP contribution in [-0.4, -0.2) is 13.1 Å². The van der Waals surface area contributed by atoms with Crippen molar-refractivity contribution in [2.24, 2.45) is 0 Å². The van der Waals surface area contributed by atoms with Crippen LogP contribution in [-0.2, 0) is 11.3 Å². The van der Waals surface area contributed by atoms with Gasteiger partial charge in [-0.1, -0.05) is 29.8 Å². The van der Waals surface area contributed by atoms with Gasteiger partial charge in [0.2, 0.25) is 0 Å². The first-order valence-corrected chi connectivity index (χ1v) is 7.07. The first-order chi connectivity index (χ1) is 10.0. The zero-order chi connectivity index (χ0) is 15.4. The molecule has 21 heavy (non-hydrogen) atoms. The van der Waals surface area contributed by atoms with Crippen LogP contribution in [0.3, 0.4) is 0 Å². The van der Waals surface area contributed by atoms with Gasteiger partial charge in [0.1, 0.15) is 0 Å². The van der Waals surface area contributed by atoms with Crippen LogP contribution in [0.2, 0.25) is 5.02 Å². The van der Waals surface area contributed by atoms with Gasteiger partial charge in [0.25, 0.3) is 0 Å². The van der Waals surface area contributed by atoms with Gasteiger partial charge in [-0.3, -0.25) is 0 Å². The molecule has 0 radical (unpaired) electrons. The van der Waals surface area contributed by atoms with Gasteiger partial charge in [-0.2, -0.15) is 0 Å². The predicted octanol–water partition coefficient (Wildman–Crippen LogP) is 4.36. The third-order valence-electron chi connectivity index (χ3n) is 3.57. The molecule has 0 saturated heterocycles. The van der Waals surface area contributed by atoms with E-state index in [1.807, 2.05) is 6.07 Å². The number of carbonyl (C=O) groups is 1. The summed E-state index contributed by atoms with van der Waals surface area (Å²) in [5.74, 6) is -0.374. The molecule has 0 aromatic heterocycles. The van der Waals surface area contributed by atoms with Crippen molar-refractivity contribution in [2.75, 3.05) is 12.4 Å². The van der Waals surface area contributed by atoms with Gasteiger partial charge in [-0.25, -0.2) is 4.79 Å². The van der Waals surface area contributed by atoms with Gasteiger partial charge < -0.3 is 10.1 Å². The van der Waals surface area contributed by atoms with E-state index >= 15 is 0 Å². The number of methoxy groups -OCH3 is 1. The highest BCUT2D eigenvalue weighted by Gasteiger charge is 2.09. The highest BCUT2D eigenvalue weighted by atomic mass is 35.5. The van der Waals surface area contributed by atoms with Gasteiger partial charge in [0.15, 0.2) is 0 Å². The van der Waals surface area contributed by atoms with E-state index in [-0.39, 0.29) is 5.97 Å². The summed E-state index contributed by atoms with van der Waals surface area (Å²) in [4.78, 5) is 11.6. The molecular formula is C17H18ClNO2. The summed E-state index contributed by atoms with van der Waals surface area (Å²) in [5.41, 5.74) is 4.91. The Morgan fingerprint density at radius 2 is 2.00 bits per heavy atom. The number of anilines is 1. The number of hydrogen-bond acceptors (Lipinski definition) is 3. The summed E-state index contributed by atoms with van der Waals surface area (Å²) in [6, 6.07) is 11.2. The van der Waals surface area contributed by atoms with Crippen LogP contribution in [0.5, 0.6) is 0 Å². The second-order valence-electron chi connectivity index (χ2n) is 4.90. The smallest absolute Gasteiger partial charge is 0.337 e. The summed E-state index contributed by atoms with van der Waals surface area (Å²) in [5, 5.41) is 3.85. The molecule has 110 valence electrons. The zero-order valence-corrected chi connectivity index (χ0v) is 13.1. The van der Waals surface area contributed by atoms with Gasteiger partial charge >= 0.3 is 5.97 Å². The van der Waals surface area contributed by atoms with E-state index in [4.69, 9.17) is 16.3 Å². The molecule has 0 fully saturated rings. The van der Waals surface area contributed by atoms with Crippen molar-refractivity contribution in [1.29, 1.82) is 0 Å². The molecule has 2 rings (SSSR count). The second-order valence-corrected chi connectivity index (χ2v) is 5.31. The third-order valence-corrected chi connectivity index (χ3v) is 3.90. The maximum absolute atomic E-state index is 11.6. The molecule has 1 N–H and O–H groups in total. The summed E-state index contributed by atoms with van der Waals surface area (Å²) in [6.45, 7) is 4.83. The lowest BCUT2D eigenvalue weighted by Gasteiger charge is -2.13. The molecule has 0 aliphatic heterocycles. The number of halogens is 1. The molecule has 0 bridgehead atoms. The fraction of sp³-hybridized carbons (Fsp3) is 0.235. The van der Waals surface area contributed by atoms with Crippen molar-refractivity contribution in [3.8, 4) is 0 Å². The van der Waals surface area contributed by atoms with E-state index in [1.54, 1.807) is 18.2 Å². The van der Waals surface area contributed by atoms with E-state index < -0.39 is 0 Å². The van der Waals surface area contributed by atoms with Crippen molar-refractivity contribution in [3.63, 3.8) is 0 Å². The number of aryl methyl sites for hydroxylation is 1. The minimum absolute atomic E-state index is 0.374. The van der Waals surface area contributed by atoms with Crippen LogP contribution in [0.15, 0.2) is 36.4 Å². The number of ether oxygens (including phenoxy) is 1. The van der Waals surface area contributed by atoms with Crippen molar-refractivity contribution in [3.05, 3.63) is 63.7 Å². The SMILES string of the molecule is COC(=O)c1ccc(Cl)c(NCc2cccc(C)c2C)c1. The van der Waals surface area contributed by atoms with E-state index in [9.17, 15) is 4.79 Å². The first kappa shape index (κ1) is 15.4. The lowest BCUT2D eigenvalue weighted by atomic mass is 10.0. The van der Waals surface area contributed by atoms with Gasteiger partial charge in [-0.05, 0) is 48.7 Å². The highest BCUT2D eigenvalue weighted by Crippen LogP contribution is 2.24. The quantitative estimate of drug-likeness (QED) is 0.853. The number of nitrogens with one attached hydrogen (secondary N) is 1. The molecule has 2 aromatic carbocycles. The van der Waals surface area contributed by atoms with Gasteiger partial charge in [-0.15, -0.1) is 0 Å². The Kier molecular flexibility index (Phi) is 4.86. The number of esters is 1. The van der Waals surface area contributed by atoms with Crippen LogP contribution in [0, 0.1) is 13.8 Å². The molecular weight excluding hydrogens is 286 g/mol. The van der Waals surface area contributed by atoms with Crippen LogP contribution >= 0.6 is 11.6 Å². The molecule has 0 unspecified atom stereocenters. The Labute approximate surface area is 129 Å². The zero-order valence-electron chi connectivity index (χ0n) is 12.4. The van der Waals surface area contributed by atoms with E-state index in [2.05, 4.69) is 31.3 Å². The maximum Gasteiger partial charge on any atom is 0.337 e. The summed E-state index contributed by atoms with van der Waals surface area (Å²) in [6.07, 6.45) is 0. The topological polar surface area (TPSA) is 38.3 Å². The Morgan fingerprint density at radius 3 is 2.71 bits per heavy atom. The molecule has 0 heterocycles. The van der Waals surface area contributed by atoms with Gasteiger partial charge in [0.05, 0.1) is 23.4 Å². The molecule has 4 heteroatoms. The number of carbonyl (C=O) groups excluding carboxylic acids is 1. The average molecular weight is 304 g/mol. The number of hydrogen-bond donors (Lipinski definition) is 1. The predicted molar refractivity (Wildman–Crippen MR) is 86.0 cm³/mol. The summed E-state index contributed by atoms with van der Waals surface area (Å²) >= 11 is 6.17. The van der Waals surface area contributed by atoms with Crippen molar-refractivity contribution in [1.82, 2.24) is 0 Å². The maximum atomic E-state index is 11.6. The molecule has 0 saturated carbocycles. The molecule has 3 nitrogen and oxygen atoms in total. The van der Waals surface area contributed by atoms with Crippen molar-refractivity contribution in [2.45, 2.75) is 20.4 Å². The second kappa shape index (κ2) is 6.64. The normalized spacial score (nSPS) is 10.3. The fourth-order valence-electron chi connectivity index (χ4n) is 2.10. The lowest BCUT2D eigenvalue weighted by Crippen LogP contribution is -2.05. The largest absolute Gasteiger partial charge is 0.465 e. The third kappa shape index (κ3) is 3.56. The number of rotatable bonds is 4. The fourth-order valence-corrected chi connectivity index (χ4v) is 2.28.